The van der Waals surface area contributed by atoms with Gasteiger partial charge in [-0.25, -0.2) is 0 Å². The number of ether oxygens (including phenoxy) is 1. The number of benzene rings is 3. The van der Waals surface area contributed by atoms with Crippen molar-refractivity contribution in [1.82, 2.24) is 5.32 Å². The molecule has 25 heavy (non-hydrogen) atoms. The van der Waals surface area contributed by atoms with Gasteiger partial charge in [-0.1, -0.05) is 58.4 Å². The maximum atomic E-state index is 12.2. The van der Waals surface area contributed by atoms with E-state index >= 15 is 0 Å². The van der Waals surface area contributed by atoms with Gasteiger partial charge in [0, 0.05) is 4.47 Å². The number of hydrogen-bond donors (Lipinski definition) is 1. The molecule has 1 N–H and O–H groups in total. The smallest absolute Gasteiger partial charge is 0.258 e. The van der Waals surface area contributed by atoms with E-state index in [9.17, 15) is 4.79 Å². The van der Waals surface area contributed by atoms with Gasteiger partial charge in [0.2, 0.25) is 0 Å². The summed E-state index contributed by atoms with van der Waals surface area (Å²) in [6.07, 6.45) is 0. The summed E-state index contributed by atoms with van der Waals surface area (Å²) in [6, 6.07) is 19.7. The standard InChI is InChI=1S/C20H17Br2NO2/c1-13(14-5-3-2-4-6-14)23-19(24)12-25-18-10-7-15-11-16(21)8-9-17(15)20(18)22/h2-11,13H,12H2,1H3,(H,23,24). The van der Waals surface area contributed by atoms with Crippen molar-refractivity contribution in [1.29, 1.82) is 0 Å². The van der Waals surface area contributed by atoms with Crippen LogP contribution >= 0.6 is 31.9 Å². The van der Waals surface area contributed by atoms with Gasteiger partial charge in [-0.3, -0.25) is 4.79 Å². The Hall–Kier alpha value is -1.85. The van der Waals surface area contributed by atoms with Gasteiger partial charge < -0.3 is 10.1 Å². The average Bonchev–Trinajstić information content (AvgIpc) is 2.61. The SMILES string of the molecule is CC(NC(=O)COc1ccc2cc(Br)ccc2c1Br)c1ccccc1. The van der Waals surface area contributed by atoms with Crippen LogP contribution < -0.4 is 10.1 Å². The first-order valence-corrected chi connectivity index (χ1v) is 9.48. The van der Waals surface area contributed by atoms with Gasteiger partial charge in [0.25, 0.3) is 5.91 Å². The molecular formula is C20H17Br2NO2. The fourth-order valence-corrected chi connectivity index (χ4v) is 3.59. The molecule has 0 aliphatic carbocycles. The van der Waals surface area contributed by atoms with E-state index in [1.54, 1.807) is 0 Å². The minimum atomic E-state index is -0.154. The summed E-state index contributed by atoms with van der Waals surface area (Å²) in [4.78, 5) is 12.2. The van der Waals surface area contributed by atoms with Crippen LogP contribution in [0.15, 0.2) is 69.6 Å². The fraction of sp³-hybridized carbons (Fsp3) is 0.150. The quantitative estimate of drug-likeness (QED) is 0.534. The van der Waals surface area contributed by atoms with Crippen LogP contribution in [-0.2, 0) is 4.79 Å². The molecule has 3 rings (SSSR count). The van der Waals surface area contributed by atoms with Gasteiger partial charge in [-0.15, -0.1) is 0 Å². The van der Waals surface area contributed by atoms with Crippen molar-refractivity contribution >= 4 is 48.5 Å². The second-order valence-electron chi connectivity index (χ2n) is 5.73. The van der Waals surface area contributed by atoms with E-state index in [4.69, 9.17) is 4.74 Å². The Balaban J connectivity index is 1.65. The molecular weight excluding hydrogens is 446 g/mol. The van der Waals surface area contributed by atoms with E-state index in [0.717, 1.165) is 25.3 Å². The van der Waals surface area contributed by atoms with Crippen molar-refractivity contribution in [2.45, 2.75) is 13.0 Å². The molecule has 0 saturated carbocycles. The number of rotatable bonds is 5. The Morgan fingerprint density at radius 1 is 1.08 bits per heavy atom. The van der Waals surface area contributed by atoms with Gasteiger partial charge in [0.15, 0.2) is 6.61 Å². The molecule has 0 radical (unpaired) electrons. The number of carbonyl (C=O) groups excluding carboxylic acids is 1. The zero-order valence-corrected chi connectivity index (χ0v) is 16.8. The van der Waals surface area contributed by atoms with E-state index in [2.05, 4.69) is 37.2 Å². The minimum Gasteiger partial charge on any atom is -0.483 e. The topological polar surface area (TPSA) is 38.3 Å². The molecule has 0 aliphatic rings. The van der Waals surface area contributed by atoms with Crippen LogP contribution in [-0.4, -0.2) is 12.5 Å². The molecule has 5 heteroatoms. The third-order valence-corrected chi connectivity index (χ3v) is 5.23. The molecule has 1 atom stereocenters. The highest BCUT2D eigenvalue weighted by atomic mass is 79.9. The first-order valence-electron chi connectivity index (χ1n) is 7.89. The molecule has 3 aromatic rings. The lowest BCUT2D eigenvalue weighted by atomic mass is 10.1. The number of hydrogen-bond acceptors (Lipinski definition) is 2. The third-order valence-electron chi connectivity index (χ3n) is 3.92. The molecule has 0 aromatic heterocycles. The molecule has 0 aliphatic heterocycles. The Labute approximate surface area is 163 Å². The second kappa shape index (κ2) is 8.02. The van der Waals surface area contributed by atoms with Crippen LogP contribution in [0.3, 0.4) is 0 Å². The minimum absolute atomic E-state index is 0.0300. The number of amides is 1. The molecule has 3 nitrogen and oxygen atoms in total. The van der Waals surface area contributed by atoms with E-state index in [1.165, 1.54) is 0 Å². The average molecular weight is 463 g/mol. The summed E-state index contributed by atoms with van der Waals surface area (Å²) in [7, 11) is 0. The highest BCUT2D eigenvalue weighted by Gasteiger charge is 2.12. The van der Waals surface area contributed by atoms with Gasteiger partial charge in [0.05, 0.1) is 10.5 Å². The van der Waals surface area contributed by atoms with Crippen LogP contribution in [0.25, 0.3) is 10.8 Å². The van der Waals surface area contributed by atoms with E-state index in [-0.39, 0.29) is 18.6 Å². The van der Waals surface area contributed by atoms with Crippen LogP contribution in [0.4, 0.5) is 0 Å². The van der Waals surface area contributed by atoms with Crippen molar-refractivity contribution in [2.24, 2.45) is 0 Å². The zero-order chi connectivity index (χ0) is 17.8. The molecule has 3 aromatic carbocycles. The molecule has 0 fully saturated rings. The third kappa shape index (κ3) is 4.41. The molecule has 0 saturated heterocycles. The summed E-state index contributed by atoms with van der Waals surface area (Å²) in [5, 5.41) is 5.08. The molecule has 128 valence electrons. The normalized spacial score (nSPS) is 12.0. The van der Waals surface area contributed by atoms with Crippen molar-refractivity contribution in [3.05, 3.63) is 75.2 Å². The van der Waals surface area contributed by atoms with Crippen molar-refractivity contribution in [2.75, 3.05) is 6.61 Å². The maximum Gasteiger partial charge on any atom is 0.258 e. The molecule has 1 unspecified atom stereocenters. The highest BCUT2D eigenvalue weighted by Crippen LogP contribution is 2.34. The summed E-state index contributed by atoms with van der Waals surface area (Å²) in [5.74, 6) is 0.497. The van der Waals surface area contributed by atoms with Gasteiger partial charge in [0.1, 0.15) is 5.75 Å². The van der Waals surface area contributed by atoms with Gasteiger partial charge in [-0.2, -0.15) is 0 Å². The van der Waals surface area contributed by atoms with E-state index in [0.29, 0.717) is 5.75 Å². The fourth-order valence-electron chi connectivity index (χ4n) is 2.61. The van der Waals surface area contributed by atoms with E-state index in [1.807, 2.05) is 67.6 Å². The number of fused-ring (bicyclic) bond motifs is 1. The van der Waals surface area contributed by atoms with Crippen LogP contribution in [0.2, 0.25) is 0 Å². The van der Waals surface area contributed by atoms with Gasteiger partial charge >= 0.3 is 0 Å². The van der Waals surface area contributed by atoms with Crippen LogP contribution in [0, 0.1) is 0 Å². The summed E-state index contributed by atoms with van der Waals surface area (Å²) < 4.78 is 7.57. The maximum absolute atomic E-state index is 12.2. The lowest BCUT2D eigenvalue weighted by molar-refractivity contribution is -0.123. The molecule has 1 amide bonds. The highest BCUT2D eigenvalue weighted by molar-refractivity contribution is 9.11. The summed E-state index contributed by atoms with van der Waals surface area (Å²) >= 11 is 7.04. The Kier molecular flexibility index (Phi) is 5.76. The number of carbonyl (C=O) groups is 1. The van der Waals surface area contributed by atoms with Crippen LogP contribution in [0.1, 0.15) is 18.5 Å². The molecule has 0 spiro atoms. The predicted molar refractivity (Wildman–Crippen MR) is 108 cm³/mol. The van der Waals surface area contributed by atoms with Crippen molar-refractivity contribution < 1.29 is 9.53 Å². The number of nitrogens with one attached hydrogen (secondary N) is 1. The Morgan fingerprint density at radius 2 is 1.84 bits per heavy atom. The molecule has 0 heterocycles. The first kappa shape index (κ1) is 18.0. The summed E-state index contributed by atoms with van der Waals surface area (Å²) in [5.41, 5.74) is 1.06. The summed E-state index contributed by atoms with van der Waals surface area (Å²) in [6.45, 7) is 1.93. The van der Waals surface area contributed by atoms with Gasteiger partial charge in [-0.05, 0) is 57.4 Å². The first-order chi connectivity index (χ1) is 12.0. The Bertz CT molecular complexity index is 897. The largest absolute Gasteiger partial charge is 0.483 e. The number of halogens is 2. The predicted octanol–water partition coefficient (Wildman–Crippen LogP) is 5.62. The van der Waals surface area contributed by atoms with Crippen molar-refractivity contribution in [3.8, 4) is 5.75 Å². The lowest BCUT2D eigenvalue weighted by Crippen LogP contribution is -2.31. The monoisotopic (exact) mass is 461 g/mol. The zero-order valence-electron chi connectivity index (χ0n) is 13.6. The van der Waals surface area contributed by atoms with Crippen molar-refractivity contribution in [3.63, 3.8) is 0 Å². The van der Waals surface area contributed by atoms with Crippen LogP contribution in [0.5, 0.6) is 5.75 Å². The second-order valence-corrected chi connectivity index (χ2v) is 7.44. The van der Waals surface area contributed by atoms with E-state index < -0.39 is 0 Å². The lowest BCUT2D eigenvalue weighted by Gasteiger charge is -2.15. The Morgan fingerprint density at radius 3 is 2.60 bits per heavy atom. The molecule has 0 bridgehead atoms.